The average molecular weight is 259 g/mol. The molecule has 2 nitrogen and oxygen atoms in total. The lowest BCUT2D eigenvalue weighted by Crippen LogP contribution is -2.37. The van der Waals surface area contributed by atoms with E-state index in [4.69, 9.17) is 17.3 Å². The Hall–Kier alpha value is -0.0900. The van der Waals surface area contributed by atoms with Gasteiger partial charge in [0.05, 0.1) is 4.34 Å². The quantitative estimate of drug-likeness (QED) is 0.900. The van der Waals surface area contributed by atoms with Gasteiger partial charge >= 0.3 is 0 Å². The predicted molar refractivity (Wildman–Crippen MR) is 71.0 cm³/mol. The molecule has 0 aliphatic heterocycles. The lowest BCUT2D eigenvalue weighted by molar-refractivity contribution is 0.194. The second-order valence-corrected chi connectivity index (χ2v) is 6.41. The molecule has 0 radical (unpaired) electrons. The first-order chi connectivity index (χ1) is 7.70. The summed E-state index contributed by atoms with van der Waals surface area (Å²) < 4.78 is 0.880. The van der Waals surface area contributed by atoms with E-state index in [2.05, 4.69) is 18.0 Å². The minimum absolute atomic E-state index is 0.658. The second-order valence-electron chi connectivity index (χ2n) is 4.61. The summed E-state index contributed by atoms with van der Waals surface area (Å²) in [5, 5.41) is 0. The minimum Gasteiger partial charge on any atom is -0.330 e. The summed E-state index contributed by atoms with van der Waals surface area (Å²) in [5.41, 5.74) is 5.81. The molecule has 1 saturated carbocycles. The van der Waals surface area contributed by atoms with Crippen molar-refractivity contribution in [2.75, 3.05) is 13.6 Å². The standard InChI is InChI=1S/C12H19ClN2S/c1-15(8-10-5-6-12(13)16-10)11-4-2-3-9(11)7-14/h5-6,9,11H,2-4,7-8,14H2,1H3. The zero-order chi connectivity index (χ0) is 11.5. The molecule has 90 valence electrons. The number of rotatable bonds is 4. The van der Waals surface area contributed by atoms with Crippen LogP contribution >= 0.6 is 22.9 Å². The monoisotopic (exact) mass is 258 g/mol. The highest BCUT2D eigenvalue weighted by Crippen LogP contribution is 2.30. The van der Waals surface area contributed by atoms with E-state index in [9.17, 15) is 0 Å². The van der Waals surface area contributed by atoms with Crippen LogP contribution < -0.4 is 5.73 Å². The molecule has 1 aromatic heterocycles. The summed E-state index contributed by atoms with van der Waals surface area (Å²) in [7, 11) is 2.20. The Bertz CT molecular complexity index is 340. The van der Waals surface area contributed by atoms with Crippen molar-refractivity contribution in [1.82, 2.24) is 4.90 Å². The number of halogens is 1. The van der Waals surface area contributed by atoms with E-state index in [0.29, 0.717) is 12.0 Å². The van der Waals surface area contributed by atoms with Crippen LogP contribution in [0.15, 0.2) is 12.1 Å². The Labute approximate surface area is 106 Å². The SMILES string of the molecule is CN(Cc1ccc(Cl)s1)C1CCCC1CN. The van der Waals surface area contributed by atoms with Crippen molar-refractivity contribution in [1.29, 1.82) is 0 Å². The lowest BCUT2D eigenvalue weighted by atomic mass is 10.0. The largest absolute Gasteiger partial charge is 0.330 e. The first-order valence-electron chi connectivity index (χ1n) is 5.85. The Morgan fingerprint density at radius 3 is 2.94 bits per heavy atom. The third kappa shape index (κ3) is 2.77. The highest BCUT2D eigenvalue weighted by molar-refractivity contribution is 7.16. The van der Waals surface area contributed by atoms with Crippen LogP contribution in [0.2, 0.25) is 4.34 Å². The van der Waals surface area contributed by atoms with Crippen LogP contribution in [-0.4, -0.2) is 24.5 Å². The van der Waals surface area contributed by atoms with E-state index in [1.54, 1.807) is 11.3 Å². The van der Waals surface area contributed by atoms with Crippen LogP contribution in [0.5, 0.6) is 0 Å². The summed E-state index contributed by atoms with van der Waals surface area (Å²) in [6.45, 7) is 1.82. The molecule has 0 amide bonds. The Kier molecular flexibility index (Phi) is 4.25. The van der Waals surface area contributed by atoms with Crippen molar-refractivity contribution in [3.8, 4) is 0 Å². The zero-order valence-corrected chi connectivity index (χ0v) is 11.2. The maximum absolute atomic E-state index is 5.94. The molecule has 4 heteroatoms. The van der Waals surface area contributed by atoms with Gasteiger partial charge in [-0.25, -0.2) is 0 Å². The zero-order valence-electron chi connectivity index (χ0n) is 9.66. The van der Waals surface area contributed by atoms with Gasteiger partial charge in [0.25, 0.3) is 0 Å². The summed E-state index contributed by atoms with van der Waals surface area (Å²) in [6, 6.07) is 4.76. The first kappa shape index (κ1) is 12.4. The summed E-state index contributed by atoms with van der Waals surface area (Å²) in [6.07, 6.45) is 3.90. The highest BCUT2D eigenvalue weighted by Gasteiger charge is 2.29. The maximum atomic E-state index is 5.94. The van der Waals surface area contributed by atoms with E-state index < -0.39 is 0 Å². The number of hydrogen-bond donors (Lipinski definition) is 1. The van der Waals surface area contributed by atoms with Gasteiger partial charge in [-0.15, -0.1) is 11.3 Å². The Balaban J connectivity index is 1.94. The van der Waals surface area contributed by atoms with E-state index in [-0.39, 0.29) is 0 Å². The maximum Gasteiger partial charge on any atom is 0.0931 e. The normalized spacial score (nSPS) is 25.5. The number of hydrogen-bond acceptors (Lipinski definition) is 3. The molecular formula is C12H19ClN2S. The summed E-state index contributed by atoms with van der Waals surface area (Å²) in [5.74, 6) is 0.681. The highest BCUT2D eigenvalue weighted by atomic mass is 35.5. The van der Waals surface area contributed by atoms with Crippen molar-refractivity contribution in [3.05, 3.63) is 21.3 Å². The van der Waals surface area contributed by atoms with Crippen LogP contribution in [0.3, 0.4) is 0 Å². The van der Waals surface area contributed by atoms with E-state index in [0.717, 1.165) is 17.4 Å². The molecule has 1 heterocycles. The smallest absolute Gasteiger partial charge is 0.0931 e. The van der Waals surface area contributed by atoms with Gasteiger partial charge in [-0.1, -0.05) is 18.0 Å². The molecule has 1 aromatic rings. The Morgan fingerprint density at radius 1 is 1.50 bits per heavy atom. The second kappa shape index (κ2) is 5.50. The topological polar surface area (TPSA) is 29.3 Å². The van der Waals surface area contributed by atoms with Crippen molar-refractivity contribution >= 4 is 22.9 Å². The molecule has 2 N–H and O–H groups in total. The molecular weight excluding hydrogens is 240 g/mol. The molecule has 0 aromatic carbocycles. The molecule has 0 saturated heterocycles. The van der Waals surface area contributed by atoms with Gasteiger partial charge in [0.15, 0.2) is 0 Å². The Morgan fingerprint density at radius 2 is 2.31 bits per heavy atom. The molecule has 2 atom stereocenters. The van der Waals surface area contributed by atoms with E-state index >= 15 is 0 Å². The molecule has 2 unspecified atom stereocenters. The van der Waals surface area contributed by atoms with Crippen LogP contribution in [0.25, 0.3) is 0 Å². The molecule has 2 rings (SSSR count). The van der Waals surface area contributed by atoms with E-state index in [1.807, 2.05) is 6.07 Å². The van der Waals surface area contributed by atoms with Gasteiger partial charge in [-0.2, -0.15) is 0 Å². The number of nitrogens with two attached hydrogens (primary N) is 1. The van der Waals surface area contributed by atoms with Crippen molar-refractivity contribution < 1.29 is 0 Å². The summed E-state index contributed by atoms with van der Waals surface area (Å²) >= 11 is 7.62. The molecule has 1 fully saturated rings. The van der Waals surface area contributed by atoms with Crippen molar-refractivity contribution in [2.24, 2.45) is 11.7 Å². The van der Waals surface area contributed by atoms with Crippen molar-refractivity contribution in [3.63, 3.8) is 0 Å². The minimum atomic E-state index is 0.658. The number of thiophene rings is 1. The molecule has 1 aliphatic carbocycles. The lowest BCUT2D eigenvalue weighted by Gasteiger charge is -2.28. The summed E-state index contributed by atoms with van der Waals surface area (Å²) in [4.78, 5) is 3.78. The van der Waals surface area contributed by atoms with Gasteiger partial charge in [-0.3, -0.25) is 4.90 Å². The van der Waals surface area contributed by atoms with Gasteiger partial charge < -0.3 is 5.73 Å². The van der Waals surface area contributed by atoms with Gasteiger partial charge in [0.2, 0.25) is 0 Å². The van der Waals surface area contributed by atoms with Crippen LogP contribution in [0.4, 0.5) is 0 Å². The molecule has 0 spiro atoms. The molecule has 0 bridgehead atoms. The first-order valence-corrected chi connectivity index (χ1v) is 7.04. The fraction of sp³-hybridized carbons (Fsp3) is 0.667. The molecule has 1 aliphatic rings. The van der Waals surface area contributed by atoms with Gasteiger partial charge in [0, 0.05) is 17.5 Å². The molecule has 16 heavy (non-hydrogen) atoms. The van der Waals surface area contributed by atoms with Crippen molar-refractivity contribution in [2.45, 2.75) is 31.8 Å². The third-order valence-corrected chi connectivity index (χ3v) is 4.74. The van der Waals surface area contributed by atoms with Crippen LogP contribution in [0, 0.1) is 5.92 Å². The van der Waals surface area contributed by atoms with Crippen LogP contribution in [0.1, 0.15) is 24.1 Å². The third-order valence-electron chi connectivity index (χ3n) is 3.52. The predicted octanol–water partition coefficient (Wildman–Crippen LogP) is 2.96. The van der Waals surface area contributed by atoms with E-state index in [1.165, 1.54) is 24.1 Å². The van der Waals surface area contributed by atoms with Gasteiger partial charge in [0.1, 0.15) is 0 Å². The van der Waals surface area contributed by atoms with Gasteiger partial charge in [-0.05, 0) is 44.5 Å². The average Bonchev–Trinajstić information content (AvgIpc) is 2.86. The number of nitrogens with zero attached hydrogens (tertiary/aromatic N) is 1. The fourth-order valence-corrected chi connectivity index (χ4v) is 3.82. The fourth-order valence-electron chi connectivity index (χ4n) is 2.67. The van der Waals surface area contributed by atoms with Crippen LogP contribution in [-0.2, 0) is 6.54 Å².